The number of aromatic amines is 1. The van der Waals surface area contributed by atoms with E-state index in [1.165, 1.54) is 0 Å². The number of ketones is 1. The van der Waals surface area contributed by atoms with Gasteiger partial charge in [-0.15, -0.1) is 37.2 Å². The third-order valence-electron chi connectivity index (χ3n) is 5.50. The zero-order chi connectivity index (χ0) is 20.0. The molecule has 2 aromatic heterocycles. The van der Waals surface area contributed by atoms with Crippen LogP contribution in [0.4, 0.5) is 0 Å². The molecule has 5 rings (SSSR count). The van der Waals surface area contributed by atoms with Crippen LogP contribution in [0.5, 0.6) is 11.5 Å². The van der Waals surface area contributed by atoms with Crippen molar-refractivity contribution in [1.29, 1.82) is 0 Å². The van der Waals surface area contributed by atoms with Crippen molar-refractivity contribution in [3.05, 3.63) is 58.6 Å². The zero-order valence-electron chi connectivity index (χ0n) is 17.4. The van der Waals surface area contributed by atoms with Gasteiger partial charge >= 0.3 is 0 Å². The molecule has 3 aromatic rings. The molecule has 0 spiro atoms. The molecule has 2 aliphatic heterocycles. The topological polar surface area (TPSA) is 90.5 Å². The minimum absolute atomic E-state index is 0. The van der Waals surface area contributed by atoms with Crippen LogP contribution in [0.3, 0.4) is 0 Å². The highest BCUT2D eigenvalue weighted by atomic mass is 35.5. The Morgan fingerprint density at radius 3 is 2.66 bits per heavy atom. The first kappa shape index (κ1) is 26.0. The summed E-state index contributed by atoms with van der Waals surface area (Å²) in [4.78, 5) is 22.8. The second-order valence-corrected chi connectivity index (χ2v) is 7.50. The summed E-state index contributed by atoms with van der Waals surface area (Å²) in [7, 11) is 0. The maximum Gasteiger partial charge on any atom is 0.231 e. The molecule has 3 N–H and O–H groups in total. The number of fused-ring (bicyclic) bond motifs is 2. The van der Waals surface area contributed by atoms with Gasteiger partial charge in [-0.3, -0.25) is 9.69 Å². The summed E-state index contributed by atoms with van der Waals surface area (Å²) >= 11 is 0. The minimum Gasteiger partial charge on any atom is -0.507 e. The van der Waals surface area contributed by atoms with Crippen molar-refractivity contribution in [2.75, 3.05) is 26.2 Å². The van der Waals surface area contributed by atoms with Gasteiger partial charge in [0.1, 0.15) is 17.1 Å². The molecule has 10 heteroatoms. The largest absolute Gasteiger partial charge is 0.507 e. The summed E-state index contributed by atoms with van der Waals surface area (Å²) in [5.41, 5.74) is 3.70. The number of nitrogens with zero attached hydrogens (tertiary/aromatic N) is 2. The van der Waals surface area contributed by atoms with Crippen LogP contribution in [-0.2, 0) is 6.54 Å². The fourth-order valence-electron chi connectivity index (χ4n) is 3.93. The molecular weight excluding hydrogens is 475 g/mol. The van der Waals surface area contributed by atoms with Crippen molar-refractivity contribution in [1.82, 2.24) is 20.2 Å². The van der Waals surface area contributed by atoms with Crippen molar-refractivity contribution >= 4 is 60.1 Å². The van der Waals surface area contributed by atoms with E-state index in [9.17, 15) is 9.90 Å². The summed E-state index contributed by atoms with van der Waals surface area (Å²) in [5, 5.41) is 14.7. The number of hydrogen-bond acceptors (Lipinski definition) is 6. The number of aromatic nitrogens is 2. The van der Waals surface area contributed by atoms with Crippen LogP contribution >= 0.6 is 37.2 Å². The van der Waals surface area contributed by atoms with Crippen molar-refractivity contribution in [2.24, 2.45) is 0 Å². The first-order valence-corrected chi connectivity index (χ1v) is 9.77. The van der Waals surface area contributed by atoms with Crippen LogP contribution in [0, 0.1) is 6.92 Å². The number of Topliss-reactive ketones (excluding diaryl/α,β-unsaturated/α-hetero) is 1. The Balaban J connectivity index is 0.00000121. The average Bonchev–Trinajstić information content (AvgIpc) is 3.26. The van der Waals surface area contributed by atoms with Crippen LogP contribution in [0.2, 0.25) is 0 Å². The van der Waals surface area contributed by atoms with Gasteiger partial charge in [-0.05, 0) is 37.3 Å². The molecule has 0 aliphatic carbocycles. The molecule has 0 radical (unpaired) electrons. The molecule has 2 aliphatic rings. The summed E-state index contributed by atoms with van der Waals surface area (Å²) in [6.07, 6.45) is 3.56. The number of allylic oxidation sites excluding steroid dienone is 1. The van der Waals surface area contributed by atoms with Gasteiger partial charge < -0.3 is 20.1 Å². The Bertz CT molecular complexity index is 1160. The van der Waals surface area contributed by atoms with E-state index in [1.54, 1.807) is 18.2 Å². The van der Waals surface area contributed by atoms with E-state index in [4.69, 9.17) is 4.74 Å². The Hall–Kier alpha value is -2.29. The van der Waals surface area contributed by atoms with Crippen LogP contribution in [0.15, 0.2) is 36.2 Å². The zero-order valence-corrected chi connectivity index (χ0v) is 19.8. The highest BCUT2D eigenvalue weighted by Crippen LogP contribution is 2.40. The lowest BCUT2D eigenvalue weighted by atomic mass is 10.0. The number of carbonyl (C=O) groups is 1. The molecule has 0 atom stereocenters. The predicted molar refractivity (Wildman–Crippen MR) is 132 cm³/mol. The second kappa shape index (κ2) is 10.6. The van der Waals surface area contributed by atoms with Gasteiger partial charge in [0.25, 0.3) is 0 Å². The fourth-order valence-corrected chi connectivity index (χ4v) is 3.93. The van der Waals surface area contributed by atoms with E-state index < -0.39 is 0 Å². The monoisotopic (exact) mass is 498 g/mol. The van der Waals surface area contributed by atoms with E-state index >= 15 is 0 Å². The predicted octanol–water partition coefficient (Wildman–Crippen LogP) is 3.86. The maximum atomic E-state index is 12.9. The summed E-state index contributed by atoms with van der Waals surface area (Å²) in [6.45, 7) is 6.09. The van der Waals surface area contributed by atoms with Crippen LogP contribution in [0.25, 0.3) is 17.1 Å². The molecule has 1 saturated heterocycles. The molecule has 7 nitrogen and oxygen atoms in total. The summed E-state index contributed by atoms with van der Waals surface area (Å²) in [6, 6.07) is 7.14. The van der Waals surface area contributed by atoms with Crippen molar-refractivity contribution in [3.63, 3.8) is 0 Å². The van der Waals surface area contributed by atoms with Gasteiger partial charge in [0.2, 0.25) is 5.78 Å². The molecule has 32 heavy (non-hydrogen) atoms. The Labute approximate surface area is 204 Å². The third kappa shape index (κ3) is 4.72. The SMILES string of the molecule is Cc1ccc2c(/C=C3\Oc4c(ccc(O)c4CN4CCNCC4)C3=O)c[nH]c2n1.Cl.Cl.Cl. The van der Waals surface area contributed by atoms with E-state index in [0.717, 1.165) is 48.5 Å². The number of pyridine rings is 1. The van der Waals surface area contributed by atoms with E-state index in [0.29, 0.717) is 23.4 Å². The van der Waals surface area contributed by atoms with E-state index in [1.807, 2.05) is 25.3 Å². The van der Waals surface area contributed by atoms with Crippen LogP contribution in [0.1, 0.15) is 27.2 Å². The van der Waals surface area contributed by atoms with E-state index in [-0.39, 0.29) is 54.5 Å². The van der Waals surface area contributed by atoms with Gasteiger partial charge in [0.15, 0.2) is 5.76 Å². The summed E-state index contributed by atoms with van der Waals surface area (Å²) < 4.78 is 5.99. The number of rotatable bonds is 3. The lowest BCUT2D eigenvalue weighted by Crippen LogP contribution is -2.42. The number of aryl methyl sites for hydroxylation is 1. The number of ether oxygens (including phenoxy) is 1. The fraction of sp³-hybridized carbons (Fsp3) is 0.273. The van der Waals surface area contributed by atoms with E-state index in [2.05, 4.69) is 20.2 Å². The molecule has 1 fully saturated rings. The molecule has 0 amide bonds. The lowest BCUT2D eigenvalue weighted by molar-refractivity contribution is 0.101. The van der Waals surface area contributed by atoms with Crippen LogP contribution < -0.4 is 10.1 Å². The number of phenolic OH excluding ortho intramolecular Hbond substituents is 1. The molecule has 0 unspecified atom stereocenters. The number of H-pyrrole nitrogens is 1. The quantitative estimate of drug-likeness (QED) is 0.474. The van der Waals surface area contributed by atoms with Gasteiger partial charge in [-0.2, -0.15) is 0 Å². The molecular formula is C22H25Cl3N4O3. The molecule has 1 aromatic carbocycles. The van der Waals surface area contributed by atoms with Gasteiger partial charge in [-0.25, -0.2) is 4.98 Å². The molecule has 172 valence electrons. The smallest absolute Gasteiger partial charge is 0.231 e. The highest BCUT2D eigenvalue weighted by molar-refractivity contribution is 6.15. The molecule has 4 heterocycles. The number of piperazine rings is 1. The number of benzene rings is 1. The third-order valence-corrected chi connectivity index (χ3v) is 5.50. The number of nitrogens with one attached hydrogen (secondary N) is 2. The lowest BCUT2D eigenvalue weighted by Gasteiger charge is -2.27. The van der Waals surface area contributed by atoms with Gasteiger partial charge in [-0.1, -0.05) is 0 Å². The van der Waals surface area contributed by atoms with Crippen LogP contribution in [-0.4, -0.2) is 51.9 Å². The Morgan fingerprint density at radius 2 is 1.91 bits per heavy atom. The van der Waals surface area contributed by atoms with Gasteiger partial charge in [0, 0.05) is 55.6 Å². The second-order valence-electron chi connectivity index (χ2n) is 7.50. The molecule has 0 bridgehead atoms. The first-order valence-electron chi connectivity index (χ1n) is 9.77. The minimum atomic E-state index is -0.170. The van der Waals surface area contributed by atoms with Gasteiger partial charge in [0.05, 0.1) is 11.1 Å². The highest BCUT2D eigenvalue weighted by Gasteiger charge is 2.32. The number of halogens is 3. The number of aromatic hydroxyl groups is 1. The van der Waals surface area contributed by atoms with Crippen molar-refractivity contribution in [3.8, 4) is 11.5 Å². The summed E-state index contributed by atoms with van der Waals surface area (Å²) in [5.74, 6) is 0.710. The van der Waals surface area contributed by atoms with Crippen molar-refractivity contribution < 1.29 is 14.6 Å². The molecule has 0 saturated carbocycles. The maximum absolute atomic E-state index is 12.9. The standard InChI is InChI=1S/C22H22N4O3.3ClH/c1-13-2-3-15-14(11-24-22(15)25-13)10-19-20(28)16-4-5-18(27)17(21(16)29-19)12-26-8-6-23-7-9-26;;;/h2-5,10-11,23,27H,6-9,12H2,1H3,(H,24,25);3*1H/b19-10-;;;. The number of carbonyl (C=O) groups excluding carboxylic acids is 1. The average molecular weight is 500 g/mol. The Morgan fingerprint density at radius 1 is 1.16 bits per heavy atom. The number of hydrogen-bond donors (Lipinski definition) is 3. The normalized spacial score (nSPS) is 16.7. The first-order chi connectivity index (χ1) is 14.1. The van der Waals surface area contributed by atoms with Crippen molar-refractivity contribution in [2.45, 2.75) is 13.5 Å². The number of phenols is 1. The Kier molecular flexibility index (Phi) is 8.56.